The highest BCUT2D eigenvalue weighted by atomic mass is 35.5. The maximum Gasteiger partial charge on any atom is 0.355 e. The van der Waals surface area contributed by atoms with Crippen molar-refractivity contribution in [2.24, 2.45) is 0 Å². The highest BCUT2D eigenvalue weighted by Gasteiger charge is 2.21. The van der Waals surface area contributed by atoms with E-state index in [1.807, 2.05) is 17.5 Å². The van der Waals surface area contributed by atoms with Crippen LogP contribution in [0.15, 0.2) is 29.1 Å². The molecule has 0 unspecified atom stereocenters. The molecular formula is C14H11ClN2O2S. The molecule has 3 aromatic rings. The first-order chi connectivity index (χ1) is 9.70. The van der Waals surface area contributed by atoms with Gasteiger partial charge in [-0.25, -0.2) is 9.78 Å². The Morgan fingerprint density at radius 1 is 1.50 bits per heavy atom. The van der Waals surface area contributed by atoms with Gasteiger partial charge in [0.2, 0.25) is 0 Å². The molecular weight excluding hydrogens is 296 g/mol. The number of aromatic nitrogens is 2. The number of benzene rings is 1. The number of aromatic amines is 1. The van der Waals surface area contributed by atoms with E-state index in [1.165, 1.54) is 11.3 Å². The fourth-order valence-corrected chi connectivity index (χ4v) is 2.84. The van der Waals surface area contributed by atoms with Gasteiger partial charge in [0.25, 0.3) is 0 Å². The number of ether oxygens (including phenoxy) is 1. The lowest BCUT2D eigenvalue weighted by Crippen LogP contribution is -2.06. The standard InChI is InChI=1S/C14H11ClN2O2S/c1-2-19-14(18)13-12(11-6-20-7-16-11)9-5-8(15)3-4-10(9)17-13/h3-7,17H,2H2,1H3. The average molecular weight is 307 g/mol. The number of carbonyl (C=O) groups excluding carboxylic acids is 1. The summed E-state index contributed by atoms with van der Waals surface area (Å²) in [5.41, 5.74) is 4.46. The maximum absolute atomic E-state index is 12.1. The zero-order valence-corrected chi connectivity index (χ0v) is 12.2. The lowest BCUT2D eigenvalue weighted by Gasteiger charge is -2.02. The summed E-state index contributed by atoms with van der Waals surface area (Å²) < 4.78 is 5.10. The first kappa shape index (κ1) is 13.1. The van der Waals surface area contributed by atoms with E-state index in [2.05, 4.69) is 9.97 Å². The Morgan fingerprint density at radius 3 is 3.05 bits per heavy atom. The lowest BCUT2D eigenvalue weighted by molar-refractivity contribution is 0.0521. The van der Waals surface area contributed by atoms with Crippen LogP contribution >= 0.6 is 22.9 Å². The van der Waals surface area contributed by atoms with Gasteiger partial charge in [0.05, 0.1) is 17.8 Å². The predicted octanol–water partition coefficient (Wildman–Crippen LogP) is 4.12. The Hall–Kier alpha value is -1.85. The fourth-order valence-electron chi connectivity index (χ4n) is 2.12. The second-order valence-electron chi connectivity index (χ2n) is 4.16. The van der Waals surface area contributed by atoms with E-state index in [0.717, 1.165) is 22.2 Å². The summed E-state index contributed by atoms with van der Waals surface area (Å²) in [6.07, 6.45) is 0. The molecule has 2 heterocycles. The van der Waals surface area contributed by atoms with Crippen molar-refractivity contribution in [1.29, 1.82) is 0 Å². The Balaban J connectivity index is 2.28. The molecule has 0 atom stereocenters. The molecule has 0 saturated heterocycles. The molecule has 1 N–H and O–H groups in total. The number of esters is 1. The predicted molar refractivity (Wildman–Crippen MR) is 80.4 cm³/mol. The van der Waals surface area contributed by atoms with Crippen molar-refractivity contribution in [3.8, 4) is 11.3 Å². The van der Waals surface area contributed by atoms with E-state index in [0.29, 0.717) is 17.3 Å². The van der Waals surface area contributed by atoms with Gasteiger partial charge >= 0.3 is 5.97 Å². The number of thiazole rings is 1. The van der Waals surface area contributed by atoms with E-state index >= 15 is 0 Å². The third-order valence-corrected chi connectivity index (χ3v) is 3.75. The van der Waals surface area contributed by atoms with Gasteiger partial charge in [0.15, 0.2) is 0 Å². The SMILES string of the molecule is CCOC(=O)c1[nH]c2ccc(Cl)cc2c1-c1cscn1. The minimum Gasteiger partial charge on any atom is -0.461 e. The molecule has 0 aliphatic heterocycles. The highest BCUT2D eigenvalue weighted by Crippen LogP contribution is 2.34. The number of fused-ring (bicyclic) bond motifs is 1. The third-order valence-electron chi connectivity index (χ3n) is 2.93. The van der Waals surface area contributed by atoms with Gasteiger partial charge in [-0.1, -0.05) is 11.6 Å². The molecule has 6 heteroatoms. The molecule has 0 bridgehead atoms. The van der Waals surface area contributed by atoms with Crippen LogP contribution in [-0.4, -0.2) is 22.5 Å². The van der Waals surface area contributed by atoms with Gasteiger partial charge in [-0.05, 0) is 25.1 Å². The van der Waals surface area contributed by atoms with Crippen molar-refractivity contribution < 1.29 is 9.53 Å². The molecule has 0 saturated carbocycles. The van der Waals surface area contributed by atoms with E-state index in [-0.39, 0.29) is 5.97 Å². The summed E-state index contributed by atoms with van der Waals surface area (Å²) in [7, 11) is 0. The van der Waals surface area contributed by atoms with Crippen LogP contribution in [0.1, 0.15) is 17.4 Å². The van der Waals surface area contributed by atoms with Crippen LogP contribution in [0.3, 0.4) is 0 Å². The summed E-state index contributed by atoms with van der Waals surface area (Å²) in [6, 6.07) is 5.45. The zero-order chi connectivity index (χ0) is 14.1. The molecule has 0 spiro atoms. The van der Waals surface area contributed by atoms with E-state index in [1.54, 1.807) is 18.5 Å². The molecule has 0 radical (unpaired) electrons. The van der Waals surface area contributed by atoms with Crippen LogP contribution in [-0.2, 0) is 4.74 Å². The Bertz CT molecular complexity index is 765. The minimum absolute atomic E-state index is 0.325. The van der Waals surface area contributed by atoms with Gasteiger partial charge in [-0.15, -0.1) is 11.3 Å². The van der Waals surface area contributed by atoms with Gasteiger partial charge in [0.1, 0.15) is 5.69 Å². The molecule has 2 aromatic heterocycles. The van der Waals surface area contributed by atoms with Crippen LogP contribution in [0.4, 0.5) is 0 Å². The topological polar surface area (TPSA) is 55.0 Å². The van der Waals surface area contributed by atoms with Crippen LogP contribution < -0.4 is 0 Å². The molecule has 0 aliphatic carbocycles. The van der Waals surface area contributed by atoms with Gasteiger partial charge in [-0.3, -0.25) is 0 Å². The lowest BCUT2D eigenvalue weighted by atomic mass is 10.1. The summed E-state index contributed by atoms with van der Waals surface area (Å²) >= 11 is 7.53. The quantitative estimate of drug-likeness (QED) is 0.740. The van der Waals surface area contributed by atoms with Crippen molar-refractivity contribution >= 4 is 39.8 Å². The molecule has 1 aromatic carbocycles. The number of hydrogen-bond acceptors (Lipinski definition) is 4. The molecule has 0 fully saturated rings. The Labute approximate surface area is 124 Å². The molecule has 0 aliphatic rings. The fraction of sp³-hybridized carbons (Fsp3) is 0.143. The number of H-pyrrole nitrogens is 1. The van der Waals surface area contributed by atoms with Gasteiger partial charge in [0, 0.05) is 26.9 Å². The molecule has 20 heavy (non-hydrogen) atoms. The largest absolute Gasteiger partial charge is 0.461 e. The normalized spacial score (nSPS) is 10.9. The summed E-state index contributed by atoms with van der Waals surface area (Å²) in [5.74, 6) is -0.386. The van der Waals surface area contributed by atoms with E-state index in [9.17, 15) is 4.79 Å². The number of rotatable bonds is 3. The number of nitrogens with one attached hydrogen (secondary N) is 1. The maximum atomic E-state index is 12.1. The monoisotopic (exact) mass is 306 g/mol. The number of halogens is 1. The summed E-state index contributed by atoms with van der Waals surface area (Å²) in [4.78, 5) is 19.5. The molecule has 0 amide bonds. The van der Waals surface area contributed by atoms with Gasteiger partial charge < -0.3 is 9.72 Å². The van der Waals surface area contributed by atoms with Crippen LogP contribution in [0.2, 0.25) is 5.02 Å². The zero-order valence-electron chi connectivity index (χ0n) is 10.6. The van der Waals surface area contributed by atoms with Crippen LogP contribution in [0.25, 0.3) is 22.2 Å². The highest BCUT2D eigenvalue weighted by molar-refractivity contribution is 7.07. The molecule has 4 nitrogen and oxygen atoms in total. The van der Waals surface area contributed by atoms with Crippen molar-refractivity contribution in [2.75, 3.05) is 6.61 Å². The van der Waals surface area contributed by atoms with E-state index in [4.69, 9.17) is 16.3 Å². The number of nitrogens with zero attached hydrogens (tertiary/aromatic N) is 1. The van der Waals surface area contributed by atoms with Crippen molar-refractivity contribution in [3.63, 3.8) is 0 Å². The Morgan fingerprint density at radius 2 is 2.35 bits per heavy atom. The van der Waals surface area contributed by atoms with Crippen LogP contribution in [0, 0.1) is 0 Å². The minimum atomic E-state index is -0.386. The van der Waals surface area contributed by atoms with Crippen molar-refractivity contribution in [1.82, 2.24) is 9.97 Å². The van der Waals surface area contributed by atoms with Gasteiger partial charge in [-0.2, -0.15) is 0 Å². The first-order valence-electron chi connectivity index (χ1n) is 6.07. The Kier molecular flexibility index (Phi) is 3.46. The van der Waals surface area contributed by atoms with Crippen LogP contribution in [0.5, 0.6) is 0 Å². The smallest absolute Gasteiger partial charge is 0.355 e. The third kappa shape index (κ3) is 2.19. The second-order valence-corrected chi connectivity index (χ2v) is 5.31. The average Bonchev–Trinajstić information content (AvgIpc) is 3.04. The van der Waals surface area contributed by atoms with E-state index < -0.39 is 0 Å². The molecule has 102 valence electrons. The number of carbonyl (C=O) groups is 1. The van der Waals surface area contributed by atoms with Crippen molar-refractivity contribution in [3.05, 3.63) is 39.8 Å². The second kappa shape index (κ2) is 5.26. The summed E-state index contributed by atoms with van der Waals surface area (Å²) in [5, 5.41) is 3.38. The summed E-state index contributed by atoms with van der Waals surface area (Å²) in [6.45, 7) is 2.10. The number of hydrogen-bond donors (Lipinski definition) is 1. The van der Waals surface area contributed by atoms with Crippen molar-refractivity contribution in [2.45, 2.75) is 6.92 Å². The first-order valence-corrected chi connectivity index (χ1v) is 7.39. The molecule has 3 rings (SSSR count).